The van der Waals surface area contributed by atoms with Gasteiger partial charge in [-0.25, -0.2) is 4.98 Å². The Morgan fingerprint density at radius 3 is 2.45 bits per heavy atom. The monoisotopic (exact) mass is 419 g/mol. The van der Waals surface area contributed by atoms with Crippen molar-refractivity contribution in [3.63, 3.8) is 0 Å². The lowest BCUT2D eigenvalue weighted by atomic mass is 9.63. The second-order valence-corrected chi connectivity index (χ2v) is 10.2. The van der Waals surface area contributed by atoms with Crippen molar-refractivity contribution in [1.82, 2.24) is 9.88 Å². The normalized spacial score (nSPS) is 25.1. The number of nitrogens with zero attached hydrogens (tertiary/aromatic N) is 2. The first kappa shape index (κ1) is 20.7. The molecule has 0 atom stereocenters. The molecule has 0 unspecified atom stereocenters. The first-order valence-corrected chi connectivity index (χ1v) is 11.8. The van der Waals surface area contributed by atoms with E-state index in [1.165, 1.54) is 37.9 Å². The number of nitrogens with two attached hydrogens (primary N) is 1. The van der Waals surface area contributed by atoms with E-state index in [0.717, 1.165) is 43.4 Å². The summed E-state index contributed by atoms with van der Waals surface area (Å²) >= 11 is 0. The first-order valence-electron chi connectivity index (χ1n) is 11.8. The van der Waals surface area contributed by atoms with Gasteiger partial charge in [0.25, 0.3) is 0 Å². The average molecular weight is 420 g/mol. The van der Waals surface area contributed by atoms with Gasteiger partial charge in [0.05, 0.1) is 11.7 Å². The maximum Gasteiger partial charge on any atom is 0.166 e. The number of carbonyl (C=O) groups excluding carboxylic acids is 1. The summed E-state index contributed by atoms with van der Waals surface area (Å²) in [5.41, 5.74) is 10.6. The van der Waals surface area contributed by atoms with E-state index in [9.17, 15) is 9.90 Å². The maximum absolute atomic E-state index is 12.9. The Bertz CT molecular complexity index is 936. The molecule has 3 N–H and O–H groups in total. The highest BCUT2D eigenvalue weighted by Gasteiger charge is 2.46. The summed E-state index contributed by atoms with van der Waals surface area (Å²) in [6.07, 6.45) is 9.65. The Labute approximate surface area is 184 Å². The molecule has 1 saturated heterocycles. The van der Waals surface area contributed by atoms with Gasteiger partial charge in [0, 0.05) is 37.8 Å². The van der Waals surface area contributed by atoms with Crippen LogP contribution in [0.15, 0.2) is 36.5 Å². The summed E-state index contributed by atoms with van der Waals surface area (Å²) in [6, 6.07) is 10.5. The molecule has 1 aliphatic heterocycles. The molecule has 31 heavy (non-hydrogen) atoms. The molecule has 2 heterocycles. The number of aliphatic hydroxyl groups is 1. The highest BCUT2D eigenvalue weighted by atomic mass is 16.3. The number of benzene rings is 1. The lowest BCUT2D eigenvalue weighted by molar-refractivity contribution is -0.0645. The number of aliphatic hydroxyl groups excluding tert-OH is 1. The van der Waals surface area contributed by atoms with Gasteiger partial charge >= 0.3 is 0 Å². The Morgan fingerprint density at radius 2 is 1.81 bits per heavy atom. The smallest absolute Gasteiger partial charge is 0.166 e. The molecule has 5 heteroatoms. The minimum Gasteiger partial charge on any atom is -0.393 e. The van der Waals surface area contributed by atoms with Crippen LogP contribution in [0, 0.1) is 11.3 Å². The van der Waals surface area contributed by atoms with Gasteiger partial charge in [0.2, 0.25) is 0 Å². The van der Waals surface area contributed by atoms with Crippen molar-refractivity contribution in [2.45, 2.75) is 64.0 Å². The zero-order chi connectivity index (χ0) is 21.4. The van der Waals surface area contributed by atoms with E-state index in [1.807, 2.05) is 6.07 Å². The number of aromatic nitrogens is 1. The fraction of sp³-hybridized carbons (Fsp3) is 0.538. The van der Waals surface area contributed by atoms with Gasteiger partial charge in [-0.15, -0.1) is 0 Å². The van der Waals surface area contributed by atoms with E-state index in [-0.39, 0.29) is 11.9 Å². The van der Waals surface area contributed by atoms with Crippen LogP contribution in [0.1, 0.15) is 67.3 Å². The summed E-state index contributed by atoms with van der Waals surface area (Å²) in [4.78, 5) is 19.8. The van der Waals surface area contributed by atoms with Crippen LogP contribution in [0.25, 0.3) is 11.1 Å². The molecule has 0 bridgehead atoms. The number of Topliss-reactive ketones (excluding diaryl/α,β-unsaturated/α-hetero) is 1. The van der Waals surface area contributed by atoms with Gasteiger partial charge in [-0.05, 0) is 67.1 Å². The van der Waals surface area contributed by atoms with Crippen LogP contribution < -0.4 is 5.73 Å². The van der Waals surface area contributed by atoms with Crippen molar-refractivity contribution in [2.24, 2.45) is 11.3 Å². The lowest BCUT2D eigenvalue weighted by Crippen LogP contribution is -2.58. The van der Waals surface area contributed by atoms with Gasteiger partial charge in [-0.1, -0.05) is 30.7 Å². The quantitative estimate of drug-likeness (QED) is 0.677. The van der Waals surface area contributed by atoms with Gasteiger partial charge in [-0.3, -0.25) is 9.69 Å². The number of carbonyl (C=O) groups is 1. The van der Waals surface area contributed by atoms with E-state index >= 15 is 0 Å². The summed E-state index contributed by atoms with van der Waals surface area (Å²) in [5.74, 6) is 0.704. The van der Waals surface area contributed by atoms with E-state index in [0.29, 0.717) is 29.1 Å². The van der Waals surface area contributed by atoms with Gasteiger partial charge in [-0.2, -0.15) is 0 Å². The maximum atomic E-state index is 12.9. The van der Waals surface area contributed by atoms with Crippen LogP contribution in [-0.2, 0) is 6.54 Å². The Hall–Kier alpha value is -2.24. The van der Waals surface area contributed by atoms with Crippen molar-refractivity contribution in [2.75, 3.05) is 18.8 Å². The molecule has 2 saturated carbocycles. The first-order chi connectivity index (χ1) is 15.0. The molecule has 2 aliphatic carbocycles. The van der Waals surface area contributed by atoms with Crippen molar-refractivity contribution < 1.29 is 9.90 Å². The van der Waals surface area contributed by atoms with E-state index < -0.39 is 0 Å². The van der Waals surface area contributed by atoms with Gasteiger partial charge < -0.3 is 10.8 Å². The lowest BCUT2D eigenvalue weighted by Gasteiger charge is -2.56. The molecule has 1 spiro atoms. The molecule has 1 aromatic heterocycles. The predicted octanol–water partition coefficient (Wildman–Crippen LogP) is 4.44. The number of rotatable bonds is 6. The Kier molecular flexibility index (Phi) is 5.57. The summed E-state index contributed by atoms with van der Waals surface area (Å²) in [5, 5.41) is 9.69. The highest BCUT2D eigenvalue weighted by Crippen LogP contribution is 2.48. The number of hydrogen-bond acceptors (Lipinski definition) is 5. The van der Waals surface area contributed by atoms with Crippen LogP contribution in [0.3, 0.4) is 0 Å². The molecular weight excluding hydrogens is 386 g/mol. The topological polar surface area (TPSA) is 79.5 Å². The second-order valence-electron chi connectivity index (χ2n) is 10.2. The zero-order valence-electron chi connectivity index (χ0n) is 18.2. The van der Waals surface area contributed by atoms with E-state index in [1.54, 1.807) is 6.20 Å². The minimum atomic E-state index is -0.204. The van der Waals surface area contributed by atoms with Gasteiger partial charge in [0.1, 0.15) is 5.82 Å². The van der Waals surface area contributed by atoms with Crippen LogP contribution in [0.4, 0.5) is 5.82 Å². The van der Waals surface area contributed by atoms with Crippen LogP contribution in [0.5, 0.6) is 0 Å². The minimum absolute atomic E-state index is 0.0626. The Balaban J connectivity index is 1.23. The molecule has 164 valence electrons. The molecular formula is C26H33N3O2. The predicted molar refractivity (Wildman–Crippen MR) is 123 cm³/mol. The highest BCUT2D eigenvalue weighted by molar-refractivity contribution is 6.01. The number of pyridine rings is 1. The standard InChI is InChI=1S/C26H33N3O2/c27-25-23(24(31)12-18-4-8-22(30)9-5-18)13-21(14-28-25)20-6-2-19(3-7-20)15-29-16-26(17-29)10-1-11-26/h2-3,6-7,13-14,18,22,30H,1,4-5,8-12,15-17H2,(H2,27,28). The third-order valence-electron chi connectivity index (χ3n) is 7.73. The third kappa shape index (κ3) is 4.39. The largest absolute Gasteiger partial charge is 0.393 e. The van der Waals surface area contributed by atoms with Crippen LogP contribution in [0.2, 0.25) is 0 Å². The van der Waals surface area contributed by atoms with Crippen molar-refractivity contribution in [3.8, 4) is 11.1 Å². The molecule has 3 fully saturated rings. The fourth-order valence-electron chi connectivity index (χ4n) is 5.65. The molecule has 0 radical (unpaired) electrons. The van der Waals surface area contributed by atoms with Gasteiger partial charge in [0.15, 0.2) is 5.78 Å². The fourth-order valence-corrected chi connectivity index (χ4v) is 5.65. The van der Waals surface area contributed by atoms with Crippen LogP contribution >= 0.6 is 0 Å². The van der Waals surface area contributed by atoms with Crippen LogP contribution in [-0.4, -0.2) is 40.0 Å². The van der Waals surface area contributed by atoms with E-state index in [4.69, 9.17) is 5.73 Å². The number of likely N-dealkylation sites (tertiary alicyclic amines) is 1. The third-order valence-corrected chi connectivity index (χ3v) is 7.73. The second kappa shape index (κ2) is 8.36. The summed E-state index contributed by atoms with van der Waals surface area (Å²) in [7, 11) is 0. The van der Waals surface area contributed by atoms with Crippen molar-refractivity contribution in [1.29, 1.82) is 0 Å². The molecule has 1 aromatic carbocycles. The number of nitrogen functional groups attached to an aromatic ring is 1. The zero-order valence-corrected chi connectivity index (χ0v) is 18.2. The van der Waals surface area contributed by atoms with Crippen molar-refractivity contribution in [3.05, 3.63) is 47.7 Å². The molecule has 2 aromatic rings. The molecule has 0 amide bonds. The molecule has 3 aliphatic rings. The number of ketones is 1. The summed E-state index contributed by atoms with van der Waals surface area (Å²) in [6.45, 7) is 3.52. The van der Waals surface area contributed by atoms with E-state index in [2.05, 4.69) is 34.1 Å². The average Bonchev–Trinajstić information content (AvgIpc) is 2.71. The number of anilines is 1. The van der Waals surface area contributed by atoms with Crippen molar-refractivity contribution >= 4 is 11.6 Å². The Morgan fingerprint density at radius 1 is 1.10 bits per heavy atom. The SMILES string of the molecule is Nc1ncc(-c2ccc(CN3CC4(CCC4)C3)cc2)cc1C(=O)CC1CCC(O)CC1. The summed E-state index contributed by atoms with van der Waals surface area (Å²) < 4.78 is 0. The molecule has 5 nitrogen and oxygen atoms in total. The number of hydrogen-bond donors (Lipinski definition) is 2. The molecule has 5 rings (SSSR count).